The van der Waals surface area contributed by atoms with E-state index in [1.807, 2.05) is 6.92 Å². The van der Waals surface area contributed by atoms with Crippen LogP contribution in [0.5, 0.6) is 0 Å². The molecule has 7 heteroatoms. The molecule has 1 rings (SSSR count). The molecule has 0 spiro atoms. The normalized spacial score (nSPS) is 15.4. The molecular formula is C11H14BrClFNO2S. The molecular weight excluding hydrogens is 345 g/mol. The van der Waals surface area contributed by atoms with Crippen molar-refractivity contribution >= 4 is 37.6 Å². The Labute approximate surface area is 120 Å². The maximum absolute atomic E-state index is 13.1. The number of benzene rings is 1. The summed E-state index contributed by atoms with van der Waals surface area (Å²) in [7, 11) is -3.81. The molecule has 0 amide bonds. The average Bonchev–Trinajstić information content (AvgIpc) is 2.30. The molecule has 0 saturated heterocycles. The Balaban J connectivity index is 3.03. The molecule has 0 aliphatic carbocycles. The van der Waals surface area contributed by atoms with E-state index in [1.165, 1.54) is 6.07 Å². The molecule has 0 bridgehead atoms. The number of hydrogen-bond acceptors (Lipinski definition) is 2. The van der Waals surface area contributed by atoms with Crippen molar-refractivity contribution in [2.45, 2.75) is 24.8 Å². The first-order valence-electron chi connectivity index (χ1n) is 5.31. The second-order valence-electron chi connectivity index (χ2n) is 4.12. The van der Waals surface area contributed by atoms with E-state index < -0.39 is 15.8 Å². The zero-order chi connectivity index (χ0) is 13.9. The van der Waals surface area contributed by atoms with Crippen molar-refractivity contribution in [2.24, 2.45) is 5.92 Å². The van der Waals surface area contributed by atoms with Crippen molar-refractivity contribution < 1.29 is 12.8 Å². The second kappa shape index (κ2) is 6.32. The van der Waals surface area contributed by atoms with Crippen LogP contribution < -0.4 is 4.72 Å². The maximum Gasteiger partial charge on any atom is 0.242 e. The summed E-state index contributed by atoms with van der Waals surface area (Å²) in [5.74, 6) is -0.534. The van der Waals surface area contributed by atoms with E-state index in [1.54, 1.807) is 6.92 Å². The summed E-state index contributed by atoms with van der Waals surface area (Å²) in [5.41, 5.74) is 0. The van der Waals surface area contributed by atoms with Crippen LogP contribution >= 0.6 is 27.5 Å². The highest BCUT2D eigenvalue weighted by Gasteiger charge is 2.23. The van der Waals surface area contributed by atoms with Gasteiger partial charge in [-0.3, -0.25) is 0 Å². The highest BCUT2D eigenvalue weighted by atomic mass is 79.9. The fourth-order valence-electron chi connectivity index (χ4n) is 1.24. The van der Waals surface area contributed by atoms with Crippen molar-refractivity contribution in [1.82, 2.24) is 4.72 Å². The van der Waals surface area contributed by atoms with Gasteiger partial charge >= 0.3 is 0 Å². The SMILES string of the molecule is CC(CBr)C(C)NS(=O)(=O)c1cc(F)ccc1Cl. The predicted octanol–water partition coefficient (Wildman–Crippen LogP) is 3.18. The van der Waals surface area contributed by atoms with E-state index in [2.05, 4.69) is 20.7 Å². The van der Waals surface area contributed by atoms with Gasteiger partial charge in [-0.15, -0.1) is 0 Å². The van der Waals surface area contributed by atoms with Crippen molar-refractivity contribution in [2.75, 3.05) is 5.33 Å². The second-order valence-corrected chi connectivity index (χ2v) is 6.85. The summed E-state index contributed by atoms with van der Waals surface area (Å²) in [5, 5.41) is 0.663. The first-order valence-corrected chi connectivity index (χ1v) is 8.29. The van der Waals surface area contributed by atoms with Crippen LogP contribution in [-0.4, -0.2) is 19.8 Å². The number of rotatable bonds is 5. The minimum absolute atomic E-state index is 0.00240. The molecule has 0 aromatic heterocycles. The molecule has 3 nitrogen and oxygen atoms in total. The maximum atomic E-state index is 13.1. The first-order chi connectivity index (χ1) is 8.27. The van der Waals surface area contributed by atoms with E-state index >= 15 is 0 Å². The van der Waals surface area contributed by atoms with Gasteiger partial charge in [-0.1, -0.05) is 34.5 Å². The minimum atomic E-state index is -3.81. The smallest absolute Gasteiger partial charge is 0.208 e. The van der Waals surface area contributed by atoms with Crippen LogP contribution in [0, 0.1) is 11.7 Å². The Morgan fingerprint density at radius 3 is 2.61 bits per heavy atom. The molecule has 1 aromatic carbocycles. The third-order valence-electron chi connectivity index (χ3n) is 2.62. The van der Waals surface area contributed by atoms with E-state index in [4.69, 9.17) is 11.6 Å². The van der Waals surface area contributed by atoms with Gasteiger partial charge in [0.05, 0.1) is 5.02 Å². The Morgan fingerprint density at radius 1 is 1.44 bits per heavy atom. The van der Waals surface area contributed by atoms with Gasteiger partial charge in [-0.25, -0.2) is 17.5 Å². The molecule has 102 valence electrons. The van der Waals surface area contributed by atoms with Crippen molar-refractivity contribution in [1.29, 1.82) is 0 Å². The van der Waals surface area contributed by atoms with Crippen LogP contribution in [0.1, 0.15) is 13.8 Å². The Kier molecular flexibility index (Phi) is 5.58. The van der Waals surface area contributed by atoms with Crippen molar-refractivity contribution in [3.8, 4) is 0 Å². The lowest BCUT2D eigenvalue weighted by molar-refractivity contribution is 0.484. The zero-order valence-corrected chi connectivity index (χ0v) is 13.1. The molecule has 0 saturated carbocycles. The molecule has 0 aliphatic heterocycles. The average molecular weight is 359 g/mol. The molecule has 1 aromatic rings. The largest absolute Gasteiger partial charge is 0.242 e. The van der Waals surface area contributed by atoms with Crippen LogP contribution in [0.25, 0.3) is 0 Å². The van der Waals surface area contributed by atoms with Gasteiger partial charge in [0.25, 0.3) is 0 Å². The van der Waals surface area contributed by atoms with Gasteiger partial charge < -0.3 is 0 Å². The molecule has 0 aliphatic rings. The fraction of sp³-hybridized carbons (Fsp3) is 0.455. The molecule has 2 unspecified atom stereocenters. The third-order valence-corrected chi connectivity index (χ3v) is 5.68. The van der Waals surface area contributed by atoms with E-state index in [9.17, 15) is 12.8 Å². The van der Waals surface area contributed by atoms with Crippen LogP contribution in [0.15, 0.2) is 23.1 Å². The fourth-order valence-corrected chi connectivity index (χ4v) is 3.67. The number of nitrogens with one attached hydrogen (secondary N) is 1. The summed E-state index contributed by atoms with van der Waals surface area (Å²) >= 11 is 9.07. The molecule has 0 radical (unpaired) electrons. The quantitative estimate of drug-likeness (QED) is 0.822. The van der Waals surface area contributed by atoms with Crippen LogP contribution in [0.2, 0.25) is 5.02 Å². The lowest BCUT2D eigenvalue weighted by Gasteiger charge is -2.19. The summed E-state index contributed by atoms with van der Waals surface area (Å²) < 4.78 is 39.7. The topological polar surface area (TPSA) is 46.2 Å². The van der Waals surface area contributed by atoms with Gasteiger partial charge in [-0.05, 0) is 31.0 Å². The standard InChI is InChI=1S/C11H14BrClFNO2S/c1-7(6-12)8(2)15-18(16,17)11-5-9(14)3-4-10(11)13/h3-5,7-8,15H,6H2,1-2H3. The molecule has 2 atom stereocenters. The molecule has 1 N–H and O–H groups in total. The highest BCUT2D eigenvalue weighted by Crippen LogP contribution is 2.23. The Morgan fingerprint density at radius 2 is 2.06 bits per heavy atom. The predicted molar refractivity (Wildman–Crippen MR) is 74.2 cm³/mol. The molecule has 18 heavy (non-hydrogen) atoms. The number of halogens is 3. The van der Waals surface area contributed by atoms with Crippen LogP contribution in [0.3, 0.4) is 0 Å². The summed E-state index contributed by atoms with van der Waals surface area (Å²) in [6.45, 7) is 3.64. The zero-order valence-electron chi connectivity index (χ0n) is 9.95. The summed E-state index contributed by atoms with van der Waals surface area (Å²) in [4.78, 5) is -0.238. The van der Waals surface area contributed by atoms with E-state index in [0.717, 1.165) is 12.1 Å². The van der Waals surface area contributed by atoms with Crippen molar-refractivity contribution in [3.05, 3.63) is 29.0 Å². The van der Waals surface area contributed by atoms with Gasteiger partial charge in [-0.2, -0.15) is 0 Å². The van der Waals surface area contributed by atoms with Crippen molar-refractivity contribution in [3.63, 3.8) is 0 Å². The van der Waals surface area contributed by atoms with Crippen LogP contribution in [-0.2, 0) is 10.0 Å². The molecule has 0 heterocycles. The Hall–Kier alpha value is -0.170. The van der Waals surface area contributed by atoms with Gasteiger partial charge in [0.1, 0.15) is 10.7 Å². The minimum Gasteiger partial charge on any atom is -0.208 e. The van der Waals surface area contributed by atoms with E-state index in [0.29, 0.717) is 5.33 Å². The first kappa shape index (κ1) is 15.9. The van der Waals surface area contributed by atoms with Gasteiger partial charge in [0, 0.05) is 11.4 Å². The Bertz CT molecular complexity index is 524. The lowest BCUT2D eigenvalue weighted by Crippen LogP contribution is -2.37. The third kappa shape index (κ3) is 3.91. The van der Waals surface area contributed by atoms with Gasteiger partial charge in [0.2, 0.25) is 10.0 Å². The van der Waals surface area contributed by atoms with E-state index in [-0.39, 0.29) is 21.9 Å². The van der Waals surface area contributed by atoms with Gasteiger partial charge in [0.15, 0.2) is 0 Å². The summed E-state index contributed by atoms with van der Waals surface area (Å²) in [6, 6.07) is 2.97. The number of sulfonamides is 1. The number of hydrogen-bond donors (Lipinski definition) is 1. The lowest BCUT2D eigenvalue weighted by atomic mass is 10.1. The van der Waals surface area contributed by atoms with Crippen LogP contribution in [0.4, 0.5) is 4.39 Å². The monoisotopic (exact) mass is 357 g/mol. The molecule has 0 fully saturated rings. The number of alkyl halides is 1. The highest BCUT2D eigenvalue weighted by molar-refractivity contribution is 9.09. The summed E-state index contributed by atoms with van der Waals surface area (Å²) in [6.07, 6.45) is 0.